The van der Waals surface area contributed by atoms with Crippen LogP contribution in [-0.4, -0.2) is 54.3 Å². The zero-order valence-corrected chi connectivity index (χ0v) is 21.5. The minimum absolute atomic E-state index is 0.0402. The van der Waals surface area contributed by atoms with E-state index in [0.29, 0.717) is 19.4 Å². The number of primary amides is 1. The van der Waals surface area contributed by atoms with E-state index in [2.05, 4.69) is 28.1 Å². The molecule has 10 heteroatoms. The molecule has 1 heterocycles. The molecule has 0 radical (unpaired) electrons. The lowest BCUT2D eigenvalue weighted by Crippen LogP contribution is -2.54. The van der Waals surface area contributed by atoms with Gasteiger partial charge in [-0.1, -0.05) is 44.2 Å². The number of hydrogen-bond acceptors (Lipinski definition) is 6. The van der Waals surface area contributed by atoms with Gasteiger partial charge >= 0.3 is 6.09 Å². The maximum Gasteiger partial charge on any atom is 0.408 e. The van der Waals surface area contributed by atoms with Crippen LogP contribution in [0.1, 0.15) is 57.9 Å². The van der Waals surface area contributed by atoms with E-state index in [1.54, 1.807) is 0 Å². The number of alkyl carbamates (subject to hydrolysis) is 1. The second-order valence-corrected chi connectivity index (χ2v) is 10.5. The second kappa shape index (κ2) is 13.2. The lowest BCUT2D eigenvalue weighted by molar-refractivity contribution is -0.139. The number of nitrogens with two attached hydrogens (primary N) is 1. The first-order chi connectivity index (χ1) is 17.6. The first kappa shape index (κ1) is 28.1. The number of rotatable bonds is 12. The Morgan fingerprint density at radius 2 is 1.78 bits per heavy atom. The smallest absolute Gasteiger partial charge is 0.408 e. The van der Waals surface area contributed by atoms with Crippen LogP contribution >= 0.6 is 0 Å². The van der Waals surface area contributed by atoms with Crippen LogP contribution in [-0.2, 0) is 30.3 Å². The molecule has 1 saturated carbocycles. The van der Waals surface area contributed by atoms with Gasteiger partial charge in [0.2, 0.25) is 17.6 Å². The van der Waals surface area contributed by atoms with Crippen molar-refractivity contribution in [3.8, 4) is 0 Å². The maximum atomic E-state index is 13.2. The van der Waals surface area contributed by atoms with Gasteiger partial charge in [0.1, 0.15) is 12.1 Å². The summed E-state index contributed by atoms with van der Waals surface area (Å²) in [6, 6.07) is 7.80. The molecule has 0 bridgehead atoms. The molecule has 4 unspecified atom stereocenters. The minimum atomic E-state index is -1.25. The van der Waals surface area contributed by atoms with Crippen molar-refractivity contribution >= 4 is 29.6 Å². The summed E-state index contributed by atoms with van der Waals surface area (Å²) in [6.07, 6.45) is 3.26. The Kier molecular flexibility index (Phi) is 10.0. The van der Waals surface area contributed by atoms with Crippen LogP contribution < -0.4 is 21.7 Å². The first-order valence-electron chi connectivity index (χ1n) is 13.1. The molecule has 1 saturated heterocycles. The average Bonchev–Trinajstić information content (AvgIpc) is 3.46. The van der Waals surface area contributed by atoms with Gasteiger partial charge in [-0.3, -0.25) is 19.2 Å². The van der Waals surface area contributed by atoms with Crippen LogP contribution in [0.2, 0.25) is 0 Å². The van der Waals surface area contributed by atoms with Crippen molar-refractivity contribution in [2.75, 3.05) is 6.54 Å². The monoisotopic (exact) mass is 514 g/mol. The fourth-order valence-corrected chi connectivity index (χ4v) is 5.15. The molecule has 10 nitrogen and oxygen atoms in total. The second-order valence-electron chi connectivity index (χ2n) is 10.5. The summed E-state index contributed by atoms with van der Waals surface area (Å²) in [4.78, 5) is 62.0. The van der Waals surface area contributed by atoms with E-state index in [4.69, 9.17) is 10.5 Å². The molecular formula is C27H38N4O6. The van der Waals surface area contributed by atoms with Crippen LogP contribution in [0.4, 0.5) is 4.79 Å². The van der Waals surface area contributed by atoms with Crippen molar-refractivity contribution in [2.45, 2.75) is 77.0 Å². The topological polar surface area (TPSA) is 157 Å². The number of benzene rings is 1. The predicted octanol–water partition coefficient (Wildman–Crippen LogP) is 1.60. The van der Waals surface area contributed by atoms with Gasteiger partial charge in [0.25, 0.3) is 5.91 Å². The Bertz CT molecular complexity index is 982. The van der Waals surface area contributed by atoms with E-state index < -0.39 is 41.7 Å². The van der Waals surface area contributed by atoms with Crippen LogP contribution in [0, 0.1) is 17.8 Å². The van der Waals surface area contributed by atoms with Gasteiger partial charge in [0, 0.05) is 18.4 Å². The SMILES string of the molecule is CC(C)CC(NC(=O)OC1CCCC1Cc1ccccc1)C(=O)NC(C[C@@H]1CCNC1=O)C(=O)C(N)=O. The van der Waals surface area contributed by atoms with E-state index in [1.165, 1.54) is 5.56 Å². The highest BCUT2D eigenvalue weighted by atomic mass is 16.6. The highest BCUT2D eigenvalue weighted by Gasteiger charge is 2.36. The van der Waals surface area contributed by atoms with Crippen molar-refractivity contribution in [3.63, 3.8) is 0 Å². The molecule has 2 aliphatic rings. The molecule has 0 aromatic heterocycles. The third-order valence-corrected chi connectivity index (χ3v) is 7.06. The van der Waals surface area contributed by atoms with Gasteiger partial charge in [-0.15, -0.1) is 0 Å². The Hall–Kier alpha value is -3.43. The summed E-state index contributed by atoms with van der Waals surface area (Å²) in [5.74, 6) is -3.32. The van der Waals surface area contributed by atoms with E-state index in [0.717, 1.165) is 25.7 Å². The molecule has 1 aromatic carbocycles. The zero-order valence-electron chi connectivity index (χ0n) is 21.5. The maximum absolute atomic E-state index is 13.2. The number of nitrogens with one attached hydrogen (secondary N) is 3. The van der Waals surface area contributed by atoms with Gasteiger partial charge < -0.3 is 26.4 Å². The summed E-state index contributed by atoms with van der Waals surface area (Å²) in [5, 5.41) is 7.88. The van der Waals surface area contributed by atoms with E-state index in [-0.39, 0.29) is 30.3 Å². The van der Waals surface area contributed by atoms with Crippen LogP contribution in [0.15, 0.2) is 30.3 Å². The van der Waals surface area contributed by atoms with E-state index >= 15 is 0 Å². The zero-order chi connectivity index (χ0) is 26.9. The van der Waals surface area contributed by atoms with Crippen molar-refractivity contribution in [1.82, 2.24) is 16.0 Å². The molecule has 37 heavy (non-hydrogen) atoms. The molecule has 2 fully saturated rings. The average molecular weight is 515 g/mol. The molecule has 5 N–H and O–H groups in total. The summed E-state index contributed by atoms with van der Waals surface area (Å²) >= 11 is 0. The lowest BCUT2D eigenvalue weighted by Gasteiger charge is -2.26. The van der Waals surface area contributed by atoms with Gasteiger partial charge in [0.05, 0.1) is 6.04 Å². The number of carbonyl (C=O) groups excluding carboxylic acids is 5. The molecule has 1 aromatic rings. The summed E-state index contributed by atoms with van der Waals surface area (Å²) in [6.45, 7) is 4.26. The van der Waals surface area contributed by atoms with E-state index in [9.17, 15) is 24.0 Å². The van der Waals surface area contributed by atoms with Crippen molar-refractivity contribution in [2.24, 2.45) is 23.5 Å². The fourth-order valence-electron chi connectivity index (χ4n) is 5.15. The highest BCUT2D eigenvalue weighted by molar-refractivity contribution is 6.37. The quantitative estimate of drug-likeness (QED) is 0.310. The van der Waals surface area contributed by atoms with Crippen LogP contribution in [0.5, 0.6) is 0 Å². The van der Waals surface area contributed by atoms with E-state index in [1.807, 2.05) is 32.0 Å². The van der Waals surface area contributed by atoms with Gasteiger partial charge in [0.15, 0.2) is 0 Å². The summed E-state index contributed by atoms with van der Waals surface area (Å²) in [7, 11) is 0. The number of hydrogen-bond donors (Lipinski definition) is 4. The van der Waals surface area contributed by atoms with Gasteiger partial charge in [-0.05, 0) is 56.4 Å². The third kappa shape index (κ3) is 8.30. The standard InChI is InChI=1S/C27H38N4O6/c1-16(2)13-21(26(35)30-20(23(32)24(28)33)15-19-11-12-29-25(19)34)31-27(36)37-22-10-6-9-18(22)14-17-7-4-3-5-8-17/h3-5,7-8,16,18-22H,6,9-15H2,1-2H3,(H2,28,33)(H,29,34)(H,30,35)(H,31,36)/t18?,19-,20?,21?,22?/m0/s1. The predicted molar refractivity (Wildman–Crippen MR) is 136 cm³/mol. The molecule has 5 atom stereocenters. The normalized spacial score (nSPS) is 22.7. The first-order valence-corrected chi connectivity index (χ1v) is 13.1. The Labute approximate surface area is 217 Å². The highest BCUT2D eigenvalue weighted by Crippen LogP contribution is 2.31. The van der Waals surface area contributed by atoms with Gasteiger partial charge in [-0.25, -0.2) is 4.79 Å². The number of ether oxygens (including phenoxy) is 1. The van der Waals surface area contributed by atoms with Crippen LogP contribution in [0.3, 0.4) is 0 Å². The molecule has 1 aliphatic carbocycles. The molecule has 0 spiro atoms. The number of carbonyl (C=O) groups is 5. The van der Waals surface area contributed by atoms with Crippen LogP contribution in [0.25, 0.3) is 0 Å². The lowest BCUT2D eigenvalue weighted by atomic mass is 9.94. The summed E-state index contributed by atoms with van der Waals surface area (Å²) < 4.78 is 5.75. The largest absolute Gasteiger partial charge is 0.446 e. The molecule has 4 amide bonds. The number of amides is 4. The number of ketones is 1. The minimum Gasteiger partial charge on any atom is -0.446 e. The molecule has 202 valence electrons. The Morgan fingerprint density at radius 3 is 2.41 bits per heavy atom. The Morgan fingerprint density at radius 1 is 1.05 bits per heavy atom. The van der Waals surface area contributed by atoms with Crippen molar-refractivity contribution in [1.29, 1.82) is 0 Å². The van der Waals surface area contributed by atoms with Gasteiger partial charge in [-0.2, -0.15) is 0 Å². The molecule has 1 aliphatic heterocycles. The Balaban J connectivity index is 1.63. The van der Waals surface area contributed by atoms with Crippen molar-refractivity contribution in [3.05, 3.63) is 35.9 Å². The fraction of sp³-hybridized carbons (Fsp3) is 0.593. The third-order valence-electron chi connectivity index (χ3n) is 7.06. The number of Topliss-reactive ketones (excluding diaryl/α,β-unsaturated/α-hetero) is 1. The molecule has 3 rings (SSSR count). The van der Waals surface area contributed by atoms with Crippen molar-refractivity contribution < 1.29 is 28.7 Å². The summed E-state index contributed by atoms with van der Waals surface area (Å²) in [5.41, 5.74) is 6.37. The molecular weight excluding hydrogens is 476 g/mol.